The van der Waals surface area contributed by atoms with E-state index in [0.717, 1.165) is 6.08 Å². The Morgan fingerprint density at radius 1 is 1.69 bits per heavy atom. The van der Waals surface area contributed by atoms with Crippen LogP contribution in [0.2, 0.25) is 0 Å². The number of carboxylic acid groups (broad SMARTS) is 1. The summed E-state index contributed by atoms with van der Waals surface area (Å²) in [5.41, 5.74) is 0.217. The zero-order chi connectivity index (χ0) is 12.7. The highest BCUT2D eigenvalue weighted by Gasteiger charge is 2.11. The van der Waals surface area contributed by atoms with Crippen LogP contribution >= 0.6 is 0 Å². The first-order chi connectivity index (χ1) is 7.42. The fourth-order valence-corrected chi connectivity index (χ4v) is 0.924. The normalized spacial score (nSPS) is 14.8. The molecule has 0 aromatic heterocycles. The zero-order valence-corrected chi connectivity index (χ0v) is 9.45. The Hall–Kier alpha value is -1.83. The van der Waals surface area contributed by atoms with Crippen LogP contribution in [-0.4, -0.2) is 18.2 Å². The van der Waals surface area contributed by atoms with E-state index in [9.17, 15) is 9.18 Å². The molecule has 5 heteroatoms. The molecule has 0 aliphatic carbocycles. The molecule has 4 nitrogen and oxygen atoms in total. The molecule has 16 heavy (non-hydrogen) atoms. The number of aliphatic carboxylic acids is 1. The number of methoxy groups -OCH3 is 1. The molecule has 1 unspecified atom stereocenters. The van der Waals surface area contributed by atoms with Crippen molar-refractivity contribution in [3.8, 4) is 6.07 Å². The van der Waals surface area contributed by atoms with Gasteiger partial charge in [-0.2, -0.15) is 5.26 Å². The minimum absolute atomic E-state index is 0.217. The summed E-state index contributed by atoms with van der Waals surface area (Å²) in [6, 6.07) is 1.73. The Bertz CT molecular complexity index is 366. The molecule has 0 aliphatic rings. The highest BCUT2D eigenvalue weighted by atomic mass is 19.1. The van der Waals surface area contributed by atoms with Gasteiger partial charge in [0.05, 0.1) is 31.3 Å². The maximum atomic E-state index is 13.3. The summed E-state index contributed by atoms with van der Waals surface area (Å²) in [4.78, 5) is 10.5. The number of rotatable bonds is 5. The van der Waals surface area contributed by atoms with Crippen molar-refractivity contribution < 1.29 is 19.0 Å². The van der Waals surface area contributed by atoms with E-state index in [4.69, 9.17) is 15.1 Å². The molecule has 0 saturated heterocycles. The monoisotopic (exact) mass is 227 g/mol. The molecule has 1 atom stereocenters. The summed E-state index contributed by atoms with van der Waals surface area (Å²) in [5.74, 6) is -2.33. The average molecular weight is 227 g/mol. The molecule has 1 N–H and O–H groups in total. The number of hydrogen-bond donors (Lipinski definition) is 1. The number of hydrogen-bond acceptors (Lipinski definition) is 3. The summed E-state index contributed by atoms with van der Waals surface area (Å²) in [5, 5.41) is 17.1. The van der Waals surface area contributed by atoms with Crippen LogP contribution < -0.4 is 0 Å². The lowest BCUT2D eigenvalue weighted by Gasteiger charge is -2.06. The van der Waals surface area contributed by atoms with E-state index in [0.29, 0.717) is 5.76 Å². The minimum Gasteiger partial charge on any atom is -0.501 e. The molecular weight excluding hydrogens is 213 g/mol. The molecule has 0 fully saturated rings. The van der Waals surface area contributed by atoms with Gasteiger partial charge in [0, 0.05) is 5.57 Å². The van der Waals surface area contributed by atoms with Crippen molar-refractivity contribution in [2.24, 2.45) is 5.92 Å². The quantitative estimate of drug-likeness (QED) is 0.578. The lowest BCUT2D eigenvalue weighted by atomic mass is 10.1. The number of halogens is 1. The first kappa shape index (κ1) is 14.2. The van der Waals surface area contributed by atoms with Gasteiger partial charge in [-0.05, 0) is 19.9 Å². The van der Waals surface area contributed by atoms with Crippen LogP contribution in [0.3, 0.4) is 0 Å². The predicted octanol–water partition coefficient (Wildman–Crippen LogP) is 2.39. The van der Waals surface area contributed by atoms with Crippen molar-refractivity contribution in [3.05, 3.63) is 23.2 Å². The number of carboxylic acids is 1. The van der Waals surface area contributed by atoms with Crippen molar-refractivity contribution in [2.75, 3.05) is 7.11 Å². The average Bonchev–Trinajstić information content (AvgIpc) is 2.25. The Morgan fingerprint density at radius 2 is 2.25 bits per heavy atom. The van der Waals surface area contributed by atoms with Gasteiger partial charge in [0.15, 0.2) is 0 Å². The van der Waals surface area contributed by atoms with Gasteiger partial charge in [-0.15, -0.1) is 0 Å². The molecule has 0 bridgehead atoms. The van der Waals surface area contributed by atoms with Crippen molar-refractivity contribution in [1.82, 2.24) is 0 Å². The zero-order valence-electron chi connectivity index (χ0n) is 9.45. The lowest BCUT2D eigenvalue weighted by Crippen LogP contribution is -2.01. The van der Waals surface area contributed by atoms with E-state index in [2.05, 4.69) is 0 Å². The molecule has 0 amide bonds. The smallest absolute Gasteiger partial charge is 0.307 e. The fourth-order valence-electron chi connectivity index (χ4n) is 0.924. The van der Waals surface area contributed by atoms with Crippen molar-refractivity contribution in [3.63, 3.8) is 0 Å². The Kier molecular flexibility index (Phi) is 5.86. The molecule has 0 spiro atoms. The minimum atomic E-state index is -1.08. The third-order valence-corrected chi connectivity index (χ3v) is 2.02. The van der Waals surface area contributed by atoms with Crippen molar-refractivity contribution in [1.29, 1.82) is 5.26 Å². The van der Waals surface area contributed by atoms with Gasteiger partial charge in [-0.3, -0.25) is 4.79 Å². The molecular formula is C11H14FNO3. The number of nitriles is 1. The number of allylic oxidation sites excluding steroid dienone is 3. The highest BCUT2D eigenvalue weighted by molar-refractivity contribution is 5.71. The second kappa shape index (κ2) is 6.62. The van der Waals surface area contributed by atoms with Crippen molar-refractivity contribution >= 4 is 5.97 Å². The van der Waals surface area contributed by atoms with Crippen LogP contribution in [0.5, 0.6) is 0 Å². The topological polar surface area (TPSA) is 70.3 Å². The Labute approximate surface area is 93.6 Å². The Balaban J connectivity index is 5.10. The van der Waals surface area contributed by atoms with Gasteiger partial charge >= 0.3 is 5.97 Å². The highest BCUT2D eigenvalue weighted by Crippen LogP contribution is 2.18. The van der Waals surface area contributed by atoms with Crippen LogP contribution in [0.25, 0.3) is 0 Å². The Morgan fingerprint density at radius 3 is 2.62 bits per heavy atom. The van der Waals surface area contributed by atoms with E-state index in [1.54, 1.807) is 13.0 Å². The second-order valence-electron chi connectivity index (χ2n) is 3.24. The number of carbonyl (C=O) groups is 1. The van der Waals surface area contributed by atoms with Gasteiger partial charge in [-0.25, -0.2) is 4.39 Å². The standard InChI is InChI=1S/C11H14FNO3/c1-7(6-13)10(12)4-9(5-11(14)15)8(2)16-3/h4,7H,5H2,1-3H3,(H,14,15). The summed E-state index contributed by atoms with van der Waals surface area (Å²) in [7, 11) is 1.37. The maximum Gasteiger partial charge on any atom is 0.307 e. The van der Waals surface area contributed by atoms with Crippen LogP contribution in [0.15, 0.2) is 23.2 Å². The molecule has 0 rings (SSSR count). The van der Waals surface area contributed by atoms with Gasteiger partial charge < -0.3 is 9.84 Å². The van der Waals surface area contributed by atoms with Crippen LogP contribution in [0.4, 0.5) is 4.39 Å². The summed E-state index contributed by atoms with van der Waals surface area (Å²) in [6.07, 6.45) is 0.700. The predicted molar refractivity (Wildman–Crippen MR) is 55.9 cm³/mol. The largest absolute Gasteiger partial charge is 0.501 e. The third kappa shape index (κ3) is 4.60. The van der Waals surface area contributed by atoms with E-state index >= 15 is 0 Å². The molecule has 0 aromatic rings. The first-order valence-electron chi connectivity index (χ1n) is 4.64. The van der Waals surface area contributed by atoms with Crippen molar-refractivity contribution in [2.45, 2.75) is 20.3 Å². The summed E-state index contributed by atoms with van der Waals surface area (Å²) < 4.78 is 18.2. The molecule has 0 radical (unpaired) electrons. The van der Waals surface area contributed by atoms with E-state index < -0.39 is 17.7 Å². The SMILES string of the molecule is COC(C)=C(C=C(F)C(C)C#N)CC(=O)O. The third-order valence-electron chi connectivity index (χ3n) is 2.02. The number of ether oxygens (including phenoxy) is 1. The van der Waals surface area contributed by atoms with E-state index in [1.807, 2.05) is 0 Å². The molecule has 0 heterocycles. The molecule has 0 saturated carbocycles. The molecule has 0 aliphatic heterocycles. The van der Waals surface area contributed by atoms with Gasteiger partial charge in [-0.1, -0.05) is 0 Å². The van der Waals surface area contributed by atoms with Crippen LogP contribution in [-0.2, 0) is 9.53 Å². The molecule has 88 valence electrons. The fraction of sp³-hybridized carbons (Fsp3) is 0.455. The first-order valence-corrected chi connectivity index (χ1v) is 4.64. The van der Waals surface area contributed by atoms with Crippen LogP contribution in [0, 0.1) is 17.2 Å². The summed E-state index contributed by atoms with van der Waals surface area (Å²) in [6.45, 7) is 2.94. The number of nitrogens with zero attached hydrogens (tertiary/aromatic N) is 1. The lowest BCUT2D eigenvalue weighted by molar-refractivity contribution is -0.136. The second-order valence-corrected chi connectivity index (χ2v) is 3.24. The summed E-state index contributed by atoms with van der Waals surface area (Å²) >= 11 is 0. The van der Waals surface area contributed by atoms with Gasteiger partial charge in [0.25, 0.3) is 0 Å². The van der Waals surface area contributed by atoms with Gasteiger partial charge in [0.1, 0.15) is 5.83 Å². The van der Waals surface area contributed by atoms with Crippen LogP contribution in [0.1, 0.15) is 20.3 Å². The van der Waals surface area contributed by atoms with E-state index in [-0.39, 0.29) is 12.0 Å². The van der Waals surface area contributed by atoms with E-state index in [1.165, 1.54) is 14.0 Å². The van der Waals surface area contributed by atoms with Gasteiger partial charge in [0.2, 0.25) is 0 Å². The molecule has 0 aromatic carbocycles. The maximum absolute atomic E-state index is 13.3.